The van der Waals surface area contributed by atoms with Crippen molar-refractivity contribution in [2.75, 3.05) is 0 Å². The minimum Gasteiger partial charge on any atom is -0.743 e. The topological polar surface area (TPSA) is 177 Å². The fraction of sp³-hybridized carbons (Fsp3) is 0.368. The SMILES string of the molecule is CCC(C)(C)C(=O)OC(C)C(F)(F)S(=O)(=O)[O-].CCC(C)(C)C(=O)Oc1ccc(O)cc1.CCC(C)c1ccc(COC(=O)C(O)(C(F)(F)F)C(F)(F)F)cc1.CCC(C)c1ccc2ccccc2c1.c1ccc([S+](c2ccccc2)c2ccccc2)cc1. The largest absolute Gasteiger partial charge is 0.743 e. The Hall–Kier alpha value is -7.33. The first-order valence-electron chi connectivity index (χ1n) is 28.5. The maximum atomic E-state index is 13.0. The van der Waals surface area contributed by atoms with E-state index in [1.807, 2.05) is 34.6 Å². The number of aromatic hydroxyl groups is 1. The first-order chi connectivity index (χ1) is 41.4. The number of benzene rings is 7. The first kappa shape index (κ1) is 75.9. The van der Waals surface area contributed by atoms with Gasteiger partial charge in [0.1, 0.15) is 18.1 Å². The van der Waals surface area contributed by atoms with E-state index >= 15 is 0 Å². The van der Waals surface area contributed by atoms with Crippen LogP contribution in [0.4, 0.5) is 35.1 Å². The summed E-state index contributed by atoms with van der Waals surface area (Å²) in [5, 5.41) is 16.0. The lowest BCUT2D eigenvalue weighted by molar-refractivity contribution is -0.357. The molecular weight excluding hydrogens is 1210 g/mol. The second kappa shape index (κ2) is 33.5. The molecule has 0 saturated carbocycles. The third-order valence-electron chi connectivity index (χ3n) is 14.5. The Labute approximate surface area is 519 Å². The van der Waals surface area contributed by atoms with Crippen molar-refractivity contribution in [2.24, 2.45) is 10.8 Å². The van der Waals surface area contributed by atoms with Crippen molar-refractivity contribution < 1.29 is 86.9 Å². The Kier molecular flexibility index (Phi) is 28.6. The highest BCUT2D eigenvalue weighted by Crippen LogP contribution is 2.44. The van der Waals surface area contributed by atoms with Crippen molar-refractivity contribution in [1.29, 1.82) is 0 Å². The summed E-state index contributed by atoms with van der Waals surface area (Å²) in [6, 6.07) is 59.7. The van der Waals surface area contributed by atoms with Gasteiger partial charge in [-0.05, 0) is 160 Å². The molecule has 0 bridgehead atoms. The van der Waals surface area contributed by atoms with E-state index in [4.69, 9.17) is 14.9 Å². The van der Waals surface area contributed by atoms with Gasteiger partial charge >= 0.3 is 41.1 Å². The molecule has 0 aliphatic rings. The van der Waals surface area contributed by atoms with Crippen LogP contribution in [0, 0.1) is 10.8 Å². The number of hydrogen-bond donors (Lipinski definition) is 2. The zero-order chi connectivity index (χ0) is 67.2. The number of phenolic OH excluding ortho intramolecular Hbond substituents is 1. The number of alkyl halides is 8. The normalized spacial score (nSPS) is 13.0. The van der Waals surface area contributed by atoms with Gasteiger partial charge in [0, 0.05) is 0 Å². The number of ether oxygens (including phenoxy) is 3. The lowest BCUT2D eigenvalue weighted by Gasteiger charge is -2.29. The van der Waals surface area contributed by atoms with Gasteiger partial charge in [0.05, 0.1) is 21.7 Å². The van der Waals surface area contributed by atoms with Crippen LogP contribution in [0.1, 0.15) is 130 Å². The van der Waals surface area contributed by atoms with Gasteiger partial charge in [-0.3, -0.25) is 9.59 Å². The Morgan fingerprint density at radius 2 is 0.921 bits per heavy atom. The Morgan fingerprint density at radius 1 is 0.528 bits per heavy atom. The van der Waals surface area contributed by atoms with Crippen molar-refractivity contribution in [3.05, 3.63) is 199 Å². The zero-order valence-electron chi connectivity index (χ0n) is 51.5. The number of aliphatic hydroxyl groups is 1. The highest BCUT2D eigenvalue weighted by atomic mass is 32.2. The van der Waals surface area contributed by atoms with Crippen molar-refractivity contribution in [3.8, 4) is 11.5 Å². The summed E-state index contributed by atoms with van der Waals surface area (Å²) < 4.78 is 145. The molecule has 0 heterocycles. The minimum atomic E-state index is -6.25. The van der Waals surface area contributed by atoms with Crippen LogP contribution in [0.5, 0.6) is 11.5 Å². The summed E-state index contributed by atoms with van der Waals surface area (Å²) in [4.78, 5) is 38.4. The number of fused-ring (bicyclic) bond motifs is 1. The van der Waals surface area contributed by atoms with E-state index in [0.717, 1.165) is 18.4 Å². The lowest BCUT2D eigenvalue weighted by Crippen LogP contribution is -2.62. The number of rotatable bonds is 18. The van der Waals surface area contributed by atoms with Gasteiger partial charge in [-0.2, -0.15) is 35.1 Å². The molecule has 0 amide bonds. The van der Waals surface area contributed by atoms with Crippen LogP contribution < -0.4 is 4.74 Å². The molecule has 7 aromatic carbocycles. The third-order valence-corrected chi connectivity index (χ3v) is 17.8. The first-order valence-corrected chi connectivity index (χ1v) is 31.1. The van der Waals surface area contributed by atoms with Crippen LogP contribution in [0.15, 0.2) is 197 Å². The van der Waals surface area contributed by atoms with E-state index in [0.29, 0.717) is 25.0 Å². The molecule has 3 atom stereocenters. The van der Waals surface area contributed by atoms with Crippen LogP contribution in [-0.2, 0) is 51.5 Å². The third kappa shape index (κ3) is 22.0. The molecule has 11 nitrogen and oxygen atoms in total. The lowest BCUT2D eigenvalue weighted by atomic mass is 9.90. The van der Waals surface area contributed by atoms with E-state index in [1.54, 1.807) is 31.2 Å². The number of carbonyl (C=O) groups excluding carboxylic acids is 3. The zero-order valence-corrected chi connectivity index (χ0v) is 53.1. The van der Waals surface area contributed by atoms with E-state index in [2.05, 4.69) is 157 Å². The average Bonchev–Trinajstić information content (AvgIpc) is 0.871. The summed E-state index contributed by atoms with van der Waals surface area (Å²) in [5.41, 5.74) is -4.48. The van der Waals surface area contributed by atoms with Crippen LogP contribution in [0.25, 0.3) is 10.8 Å². The van der Waals surface area contributed by atoms with Gasteiger partial charge < -0.3 is 29.0 Å². The summed E-state index contributed by atoms with van der Waals surface area (Å²) in [6.07, 6.45) is -11.7. The monoisotopic (exact) mass is 1290 g/mol. The molecule has 7 rings (SSSR count). The fourth-order valence-corrected chi connectivity index (χ4v) is 9.85. The van der Waals surface area contributed by atoms with Gasteiger partial charge in [0.25, 0.3) is 0 Å². The van der Waals surface area contributed by atoms with Gasteiger partial charge in [-0.15, -0.1) is 0 Å². The summed E-state index contributed by atoms with van der Waals surface area (Å²) in [5.74, 6) is -2.54. The van der Waals surface area contributed by atoms with Gasteiger partial charge in [-0.1, -0.05) is 163 Å². The minimum absolute atomic E-state index is 0.0146. The quantitative estimate of drug-likeness (QED) is 0.0275. The van der Waals surface area contributed by atoms with Crippen LogP contribution in [0.2, 0.25) is 0 Å². The molecule has 0 radical (unpaired) electrons. The Bertz CT molecular complexity index is 3290. The van der Waals surface area contributed by atoms with Crippen molar-refractivity contribution in [1.82, 2.24) is 0 Å². The molecule has 2 N–H and O–H groups in total. The number of esters is 3. The highest BCUT2D eigenvalue weighted by molar-refractivity contribution is 7.97. The van der Waals surface area contributed by atoms with Crippen LogP contribution >= 0.6 is 0 Å². The standard InChI is InChI=1S/C18H15S.C15H16F6O3.C14H16.C12H16O3.C9H16F2O5S/c1-4-10-16(11-5-1)19(17-12-6-2-7-13-17)18-14-8-3-9-15-18;1-3-9(2)11-6-4-10(5-7-11)8-24-12(22)13(23,14(16,17)18)15(19,20)21;1-3-11(2)13-9-8-12-6-4-5-7-14(12)10-13;1-4-12(2,3)11(14)15-10-7-5-9(13)6-8-10;1-5-8(3,4)7(12)16-6(2)9(10,11)17(13,14)15/h1-15H;4-7,9,23H,3,8H2,1-2H3;4-11H,3H2,1-2H3;5-8,13H,4H2,1-3H3;6H,5H2,1-4H3,(H,13,14,15)/q+1;;;;/p-1. The van der Waals surface area contributed by atoms with Crippen LogP contribution in [0.3, 0.4) is 0 Å². The molecule has 0 fully saturated rings. The van der Waals surface area contributed by atoms with E-state index in [-0.39, 0.29) is 34.1 Å². The van der Waals surface area contributed by atoms with E-state index in [1.165, 1.54) is 75.6 Å². The second-order valence-electron chi connectivity index (χ2n) is 21.9. The molecule has 0 aromatic heterocycles. The number of phenols is 1. The van der Waals surface area contributed by atoms with Crippen LogP contribution in [-0.4, -0.2) is 70.4 Å². The van der Waals surface area contributed by atoms with Gasteiger partial charge in [0.2, 0.25) is 0 Å². The summed E-state index contributed by atoms with van der Waals surface area (Å²) in [7, 11) is -5.87. The highest BCUT2D eigenvalue weighted by Gasteiger charge is 2.76. The number of halogens is 8. The molecule has 0 aliphatic heterocycles. The Morgan fingerprint density at radius 3 is 1.33 bits per heavy atom. The second-order valence-corrected chi connectivity index (χ2v) is 25.4. The predicted octanol–water partition coefficient (Wildman–Crippen LogP) is 17.5. The summed E-state index contributed by atoms with van der Waals surface area (Å²) in [6.45, 7) is 18.5. The van der Waals surface area contributed by atoms with Crippen molar-refractivity contribution in [2.45, 2.75) is 164 Å². The number of hydrogen-bond acceptors (Lipinski definition) is 11. The molecule has 7 aromatic rings. The molecule has 0 spiro atoms. The van der Waals surface area contributed by atoms with Gasteiger partial charge in [-0.25, -0.2) is 13.2 Å². The predicted molar refractivity (Wildman–Crippen MR) is 328 cm³/mol. The average molecular weight is 1290 g/mol. The maximum Gasteiger partial charge on any atom is 0.437 e. The molecule has 484 valence electrons. The Balaban J connectivity index is 0.000000294. The molecule has 0 aliphatic carbocycles. The molecule has 89 heavy (non-hydrogen) atoms. The van der Waals surface area contributed by atoms with E-state index < -0.39 is 68.8 Å². The maximum absolute atomic E-state index is 13.0. The van der Waals surface area contributed by atoms with E-state index in [9.17, 15) is 62.5 Å². The summed E-state index contributed by atoms with van der Waals surface area (Å²) >= 11 is 0. The molecule has 3 unspecified atom stereocenters. The smallest absolute Gasteiger partial charge is 0.437 e. The molecule has 0 saturated heterocycles. The number of carbonyl (C=O) groups is 3. The molecular formula is C68H78F8O11S2. The van der Waals surface area contributed by atoms with Crippen molar-refractivity contribution >= 4 is 49.7 Å². The van der Waals surface area contributed by atoms with Crippen molar-refractivity contribution in [3.63, 3.8) is 0 Å². The molecule has 21 heteroatoms. The van der Waals surface area contributed by atoms with Gasteiger partial charge in [0.15, 0.2) is 30.9 Å². The fourth-order valence-electron chi connectivity index (χ4n) is 7.29.